The van der Waals surface area contributed by atoms with Crippen molar-refractivity contribution in [2.45, 2.75) is 11.3 Å². The zero-order chi connectivity index (χ0) is 22.7. The molecule has 3 aromatic rings. The van der Waals surface area contributed by atoms with Crippen LogP contribution in [0, 0.1) is 5.92 Å². The number of rotatable bonds is 7. The lowest BCUT2D eigenvalue weighted by atomic mass is 10.1. The van der Waals surface area contributed by atoms with Crippen LogP contribution in [-0.2, 0) is 19.6 Å². The molecule has 0 aliphatic carbocycles. The number of sulfonamides is 1. The lowest BCUT2D eigenvalue weighted by Crippen LogP contribution is -2.28. The Kier molecular flexibility index (Phi) is 6.10. The van der Waals surface area contributed by atoms with E-state index in [1.165, 1.54) is 48.9 Å². The van der Waals surface area contributed by atoms with Gasteiger partial charge >= 0.3 is 0 Å². The minimum Gasteiger partial charge on any atom is -0.495 e. The molecule has 1 aliphatic rings. The SMILES string of the molecule is COc1ccccc1N1CC(C(=O)Nc2ccc(S(=O)(=O)Nc3nccs3)cc2)CC1=O. The Morgan fingerprint density at radius 3 is 2.62 bits per heavy atom. The number of para-hydroxylation sites is 2. The average Bonchev–Trinajstić information content (AvgIpc) is 3.43. The molecule has 1 aromatic heterocycles. The molecule has 166 valence electrons. The Hall–Kier alpha value is -3.44. The molecule has 4 rings (SSSR count). The zero-order valence-corrected chi connectivity index (χ0v) is 18.7. The first-order chi connectivity index (χ1) is 15.4. The summed E-state index contributed by atoms with van der Waals surface area (Å²) in [7, 11) is -2.25. The van der Waals surface area contributed by atoms with Crippen molar-refractivity contribution in [1.82, 2.24) is 4.98 Å². The minimum absolute atomic E-state index is 0.0455. The van der Waals surface area contributed by atoms with Crippen molar-refractivity contribution < 1.29 is 22.7 Å². The predicted molar refractivity (Wildman–Crippen MR) is 121 cm³/mol. The Bertz CT molecular complexity index is 1230. The molecule has 1 atom stereocenters. The van der Waals surface area contributed by atoms with E-state index in [4.69, 9.17) is 4.74 Å². The molecular weight excluding hydrogens is 452 g/mol. The van der Waals surface area contributed by atoms with Gasteiger partial charge in [-0.15, -0.1) is 11.3 Å². The zero-order valence-electron chi connectivity index (χ0n) is 17.0. The highest BCUT2D eigenvalue weighted by Crippen LogP contribution is 2.33. The van der Waals surface area contributed by atoms with Gasteiger partial charge in [-0.3, -0.25) is 14.3 Å². The quantitative estimate of drug-likeness (QED) is 0.546. The standard InChI is InChI=1S/C21H20N4O5S2/c1-30-18-5-3-2-4-17(18)25-13-14(12-19(25)26)20(27)23-15-6-8-16(9-7-15)32(28,29)24-21-22-10-11-31-21/h2-11,14H,12-13H2,1H3,(H,22,24)(H,23,27). The van der Waals surface area contributed by atoms with Gasteiger partial charge in [0.1, 0.15) is 5.75 Å². The number of hydrogen-bond acceptors (Lipinski definition) is 7. The Labute approximate surface area is 189 Å². The Morgan fingerprint density at radius 1 is 1.19 bits per heavy atom. The molecule has 0 saturated carbocycles. The van der Waals surface area contributed by atoms with Crippen molar-refractivity contribution in [1.29, 1.82) is 0 Å². The van der Waals surface area contributed by atoms with Gasteiger partial charge in [-0.25, -0.2) is 13.4 Å². The van der Waals surface area contributed by atoms with Gasteiger partial charge < -0.3 is 15.0 Å². The van der Waals surface area contributed by atoms with Gasteiger partial charge in [-0.1, -0.05) is 12.1 Å². The third-order valence-electron chi connectivity index (χ3n) is 4.96. The maximum Gasteiger partial charge on any atom is 0.263 e. The van der Waals surface area contributed by atoms with E-state index < -0.39 is 15.9 Å². The van der Waals surface area contributed by atoms with E-state index in [9.17, 15) is 18.0 Å². The highest BCUT2D eigenvalue weighted by atomic mass is 32.2. The summed E-state index contributed by atoms with van der Waals surface area (Å²) in [5.41, 5.74) is 1.06. The summed E-state index contributed by atoms with van der Waals surface area (Å²) >= 11 is 1.17. The second-order valence-electron chi connectivity index (χ2n) is 7.03. The molecule has 1 fully saturated rings. The molecule has 32 heavy (non-hydrogen) atoms. The number of amides is 2. The molecule has 2 N–H and O–H groups in total. The van der Waals surface area contributed by atoms with Crippen molar-refractivity contribution >= 4 is 49.7 Å². The van der Waals surface area contributed by atoms with Gasteiger partial charge in [-0.05, 0) is 36.4 Å². The van der Waals surface area contributed by atoms with E-state index in [-0.39, 0.29) is 34.8 Å². The van der Waals surface area contributed by atoms with Gasteiger partial charge in [0.2, 0.25) is 11.8 Å². The summed E-state index contributed by atoms with van der Waals surface area (Å²) in [5, 5.41) is 4.69. The van der Waals surface area contributed by atoms with Gasteiger partial charge in [0, 0.05) is 30.2 Å². The molecule has 1 aliphatic heterocycles. The third-order valence-corrected chi connectivity index (χ3v) is 7.13. The average molecular weight is 473 g/mol. The molecule has 9 nitrogen and oxygen atoms in total. The number of anilines is 3. The number of aromatic nitrogens is 1. The summed E-state index contributed by atoms with van der Waals surface area (Å²) in [4.78, 5) is 30.7. The second-order valence-corrected chi connectivity index (χ2v) is 9.61. The van der Waals surface area contributed by atoms with Crippen LogP contribution in [0.1, 0.15) is 6.42 Å². The molecule has 2 aromatic carbocycles. The molecule has 0 spiro atoms. The van der Waals surface area contributed by atoms with Crippen LogP contribution in [0.25, 0.3) is 0 Å². The van der Waals surface area contributed by atoms with Crippen molar-refractivity contribution in [2.75, 3.05) is 28.6 Å². The summed E-state index contributed by atoms with van der Waals surface area (Å²) in [6.07, 6.45) is 1.58. The van der Waals surface area contributed by atoms with E-state index >= 15 is 0 Å². The number of ether oxygens (including phenoxy) is 1. The molecule has 2 amide bonds. The van der Waals surface area contributed by atoms with E-state index in [1.54, 1.807) is 28.5 Å². The van der Waals surface area contributed by atoms with Crippen LogP contribution >= 0.6 is 11.3 Å². The number of methoxy groups -OCH3 is 1. The van der Waals surface area contributed by atoms with Crippen LogP contribution in [0.3, 0.4) is 0 Å². The summed E-state index contributed by atoms with van der Waals surface area (Å²) in [5.74, 6) is -0.455. The Morgan fingerprint density at radius 2 is 1.94 bits per heavy atom. The maximum atomic E-state index is 12.7. The van der Waals surface area contributed by atoms with Gasteiger partial charge in [0.25, 0.3) is 10.0 Å². The molecule has 2 heterocycles. The number of benzene rings is 2. The molecule has 0 radical (unpaired) electrons. The number of hydrogen-bond donors (Lipinski definition) is 2. The first-order valence-electron chi connectivity index (χ1n) is 9.64. The lowest BCUT2D eigenvalue weighted by Gasteiger charge is -2.19. The maximum absolute atomic E-state index is 12.7. The highest BCUT2D eigenvalue weighted by molar-refractivity contribution is 7.93. The first-order valence-corrected chi connectivity index (χ1v) is 12.0. The van der Waals surface area contributed by atoms with Gasteiger partial charge in [-0.2, -0.15) is 0 Å². The van der Waals surface area contributed by atoms with Crippen molar-refractivity contribution in [3.8, 4) is 5.75 Å². The fraction of sp³-hybridized carbons (Fsp3) is 0.190. The van der Waals surface area contributed by atoms with Crippen LogP contribution in [0.4, 0.5) is 16.5 Å². The molecule has 1 unspecified atom stereocenters. The number of carbonyl (C=O) groups excluding carboxylic acids is 2. The number of carbonyl (C=O) groups is 2. The van der Waals surface area contributed by atoms with E-state index in [0.29, 0.717) is 17.1 Å². The minimum atomic E-state index is -3.77. The lowest BCUT2D eigenvalue weighted by molar-refractivity contribution is -0.122. The Balaban J connectivity index is 1.41. The highest BCUT2D eigenvalue weighted by Gasteiger charge is 2.36. The van der Waals surface area contributed by atoms with Crippen LogP contribution in [-0.4, -0.2) is 38.9 Å². The monoisotopic (exact) mass is 472 g/mol. The third kappa shape index (κ3) is 4.58. The van der Waals surface area contributed by atoms with Crippen LogP contribution in [0.2, 0.25) is 0 Å². The largest absolute Gasteiger partial charge is 0.495 e. The van der Waals surface area contributed by atoms with E-state index in [0.717, 1.165) is 0 Å². The molecular formula is C21H20N4O5S2. The van der Waals surface area contributed by atoms with Crippen molar-refractivity contribution in [3.05, 3.63) is 60.1 Å². The molecule has 1 saturated heterocycles. The van der Waals surface area contributed by atoms with E-state index in [1.807, 2.05) is 6.07 Å². The predicted octanol–water partition coefficient (Wildman–Crippen LogP) is 2.94. The normalized spacial score (nSPS) is 16.1. The summed E-state index contributed by atoms with van der Waals surface area (Å²) in [6.45, 7) is 0.231. The topological polar surface area (TPSA) is 118 Å². The fourth-order valence-electron chi connectivity index (χ4n) is 3.38. The van der Waals surface area contributed by atoms with Crippen LogP contribution < -0.4 is 19.7 Å². The smallest absolute Gasteiger partial charge is 0.263 e. The first kappa shape index (κ1) is 21.8. The molecule has 0 bridgehead atoms. The van der Waals surface area contributed by atoms with Gasteiger partial charge in [0.05, 0.1) is 23.6 Å². The number of nitrogens with one attached hydrogen (secondary N) is 2. The summed E-state index contributed by atoms with van der Waals surface area (Å²) < 4.78 is 32.5. The van der Waals surface area contributed by atoms with Crippen LogP contribution in [0.5, 0.6) is 5.75 Å². The summed E-state index contributed by atoms with van der Waals surface area (Å²) in [6, 6.07) is 12.9. The number of nitrogens with zero attached hydrogens (tertiary/aromatic N) is 2. The van der Waals surface area contributed by atoms with E-state index in [2.05, 4.69) is 15.0 Å². The van der Waals surface area contributed by atoms with Crippen LogP contribution in [0.15, 0.2) is 65.0 Å². The van der Waals surface area contributed by atoms with Gasteiger partial charge in [0.15, 0.2) is 5.13 Å². The second kappa shape index (κ2) is 8.97. The van der Waals surface area contributed by atoms with Crippen molar-refractivity contribution in [3.63, 3.8) is 0 Å². The fourth-order valence-corrected chi connectivity index (χ4v) is 5.17. The van der Waals surface area contributed by atoms with Crippen molar-refractivity contribution in [2.24, 2.45) is 5.92 Å². The molecule has 11 heteroatoms. The number of thiazole rings is 1.